The average Bonchev–Trinajstić information content (AvgIpc) is 3.05. The fourth-order valence-corrected chi connectivity index (χ4v) is 3.71. The molecular weight excluding hydrogens is 344 g/mol. The maximum absolute atomic E-state index is 12.2. The molecule has 0 unspecified atom stereocenters. The monoisotopic (exact) mass is 364 g/mol. The molecule has 2 N–H and O–H groups in total. The Morgan fingerprint density at radius 2 is 2.12 bits per heavy atom. The van der Waals surface area contributed by atoms with E-state index in [1.165, 1.54) is 22.7 Å². The van der Waals surface area contributed by atoms with Crippen molar-refractivity contribution in [1.82, 2.24) is 15.3 Å². The molecule has 0 aromatic carbocycles. The molecular formula is C16H20N4O2S2. The summed E-state index contributed by atoms with van der Waals surface area (Å²) in [7, 11) is 0. The fraction of sp³-hybridized carbons (Fsp3) is 0.500. The summed E-state index contributed by atoms with van der Waals surface area (Å²) in [6.07, 6.45) is 4.39. The highest BCUT2D eigenvalue weighted by molar-refractivity contribution is 7.13. The van der Waals surface area contributed by atoms with Crippen molar-refractivity contribution in [2.75, 3.05) is 5.32 Å². The summed E-state index contributed by atoms with van der Waals surface area (Å²) >= 11 is 2.77. The minimum absolute atomic E-state index is 0.102. The molecule has 128 valence electrons. The Labute approximate surface area is 148 Å². The molecule has 0 aliphatic heterocycles. The lowest BCUT2D eigenvalue weighted by Crippen LogP contribution is -2.30. The van der Waals surface area contributed by atoms with Crippen LogP contribution in [0.2, 0.25) is 0 Å². The Balaban J connectivity index is 1.69. The zero-order chi connectivity index (χ0) is 17.1. The fourth-order valence-electron chi connectivity index (χ4n) is 2.33. The second kappa shape index (κ2) is 7.40. The van der Waals surface area contributed by atoms with Crippen LogP contribution in [0.25, 0.3) is 0 Å². The Kier molecular flexibility index (Phi) is 5.25. The van der Waals surface area contributed by atoms with Crippen molar-refractivity contribution >= 4 is 39.6 Å². The van der Waals surface area contributed by atoms with Crippen LogP contribution in [0, 0.1) is 11.8 Å². The SMILES string of the molecule is CC(C)C[C@@H](NC(=O)C1CC1)c1nc(C(=O)Nc2nccs2)cs1. The molecule has 3 rings (SSSR count). The van der Waals surface area contributed by atoms with Gasteiger partial charge in [-0.3, -0.25) is 14.9 Å². The Bertz CT molecular complexity index is 707. The van der Waals surface area contributed by atoms with Gasteiger partial charge >= 0.3 is 0 Å². The van der Waals surface area contributed by atoms with Crippen molar-refractivity contribution in [3.8, 4) is 0 Å². The number of anilines is 1. The van der Waals surface area contributed by atoms with E-state index >= 15 is 0 Å². The van der Waals surface area contributed by atoms with Crippen molar-refractivity contribution in [2.24, 2.45) is 11.8 Å². The van der Waals surface area contributed by atoms with E-state index in [2.05, 4.69) is 34.4 Å². The van der Waals surface area contributed by atoms with E-state index in [4.69, 9.17) is 0 Å². The molecule has 0 saturated heterocycles. The predicted octanol–water partition coefficient (Wildman–Crippen LogP) is 3.47. The van der Waals surface area contributed by atoms with E-state index in [9.17, 15) is 9.59 Å². The highest BCUT2D eigenvalue weighted by Crippen LogP contribution is 2.31. The summed E-state index contributed by atoms with van der Waals surface area (Å²) < 4.78 is 0. The maximum atomic E-state index is 12.2. The van der Waals surface area contributed by atoms with Crippen LogP contribution in [-0.4, -0.2) is 21.8 Å². The standard InChI is InChI=1S/C16H20N4O2S2/c1-9(2)7-11(18-13(21)10-3-4-10)15-19-12(8-24-15)14(22)20-16-17-5-6-23-16/h5-6,8-11H,3-4,7H2,1-2H3,(H,18,21)(H,17,20,22)/t11-/m1/s1. The largest absolute Gasteiger partial charge is 0.347 e. The Morgan fingerprint density at radius 3 is 2.75 bits per heavy atom. The van der Waals surface area contributed by atoms with Crippen molar-refractivity contribution in [2.45, 2.75) is 39.2 Å². The van der Waals surface area contributed by atoms with Crippen molar-refractivity contribution in [1.29, 1.82) is 0 Å². The van der Waals surface area contributed by atoms with Crippen LogP contribution in [-0.2, 0) is 4.79 Å². The van der Waals surface area contributed by atoms with Crippen LogP contribution < -0.4 is 10.6 Å². The summed E-state index contributed by atoms with van der Waals surface area (Å²) in [5.74, 6) is 0.409. The van der Waals surface area contributed by atoms with Crippen LogP contribution in [0.15, 0.2) is 17.0 Å². The molecule has 1 aliphatic carbocycles. The number of rotatable bonds is 7. The quantitative estimate of drug-likeness (QED) is 0.788. The molecule has 1 atom stereocenters. The van der Waals surface area contributed by atoms with Gasteiger partial charge in [0.1, 0.15) is 10.7 Å². The van der Waals surface area contributed by atoms with Gasteiger partial charge in [0.25, 0.3) is 5.91 Å². The number of hydrogen-bond donors (Lipinski definition) is 2. The van der Waals surface area contributed by atoms with Gasteiger partial charge in [-0.15, -0.1) is 22.7 Å². The Morgan fingerprint density at radius 1 is 1.33 bits per heavy atom. The Hall–Kier alpha value is -1.80. The normalized spacial score (nSPS) is 15.3. The van der Waals surface area contributed by atoms with Gasteiger partial charge < -0.3 is 5.32 Å². The lowest BCUT2D eigenvalue weighted by atomic mass is 10.0. The zero-order valence-electron chi connectivity index (χ0n) is 13.6. The first kappa shape index (κ1) is 17.0. The summed E-state index contributed by atoms with van der Waals surface area (Å²) in [6, 6.07) is -0.135. The summed E-state index contributed by atoms with van der Waals surface area (Å²) in [5.41, 5.74) is 0.361. The third-order valence-corrected chi connectivity index (χ3v) is 5.32. The molecule has 1 aliphatic rings. The molecule has 2 aromatic heterocycles. The smallest absolute Gasteiger partial charge is 0.276 e. The molecule has 0 spiro atoms. The van der Waals surface area contributed by atoms with E-state index < -0.39 is 0 Å². The van der Waals surface area contributed by atoms with Crippen LogP contribution in [0.5, 0.6) is 0 Å². The lowest BCUT2D eigenvalue weighted by molar-refractivity contribution is -0.123. The number of carbonyl (C=O) groups is 2. The van der Waals surface area contributed by atoms with Gasteiger partial charge in [0.2, 0.25) is 5.91 Å². The molecule has 8 heteroatoms. The number of amides is 2. The van der Waals surface area contributed by atoms with Gasteiger partial charge in [-0.1, -0.05) is 13.8 Å². The molecule has 0 bridgehead atoms. The molecule has 6 nitrogen and oxygen atoms in total. The van der Waals surface area contributed by atoms with E-state index in [1.54, 1.807) is 17.0 Å². The number of hydrogen-bond acceptors (Lipinski definition) is 6. The van der Waals surface area contributed by atoms with Crippen molar-refractivity contribution in [3.05, 3.63) is 27.7 Å². The van der Waals surface area contributed by atoms with Crippen LogP contribution in [0.4, 0.5) is 5.13 Å². The van der Waals surface area contributed by atoms with Gasteiger partial charge in [0.05, 0.1) is 6.04 Å². The molecule has 2 heterocycles. The van der Waals surface area contributed by atoms with E-state index in [0.717, 1.165) is 24.3 Å². The third kappa shape index (κ3) is 4.39. The number of aromatic nitrogens is 2. The highest BCUT2D eigenvalue weighted by Gasteiger charge is 2.32. The van der Waals surface area contributed by atoms with Crippen molar-refractivity contribution in [3.63, 3.8) is 0 Å². The zero-order valence-corrected chi connectivity index (χ0v) is 15.2. The van der Waals surface area contributed by atoms with Gasteiger partial charge in [-0.05, 0) is 25.2 Å². The predicted molar refractivity (Wildman–Crippen MR) is 95.2 cm³/mol. The summed E-state index contributed by atoms with van der Waals surface area (Å²) in [6.45, 7) is 4.22. The number of thiazole rings is 2. The van der Waals surface area contributed by atoms with Crippen LogP contribution >= 0.6 is 22.7 Å². The van der Waals surface area contributed by atoms with Crippen LogP contribution in [0.1, 0.15) is 54.6 Å². The van der Waals surface area contributed by atoms with E-state index in [-0.39, 0.29) is 23.8 Å². The van der Waals surface area contributed by atoms with Gasteiger partial charge in [-0.25, -0.2) is 9.97 Å². The van der Waals surface area contributed by atoms with Gasteiger partial charge in [0, 0.05) is 22.9 Å². The first-order valence-electron chi connectivity index (χ1n) is 7.99. The second-order valence-electron chi connectivity index (χ2n) is 6.33. The number of nitrogens with zero attached hydrogens (tertiary/aromatic N) is 2. The van der Waals surface area contributed by atoms with Crippen LogP contribution in [0.3, 0.4) is 0 Å². The van der Waals surface area contributed by atoms with E-state index in [1.807, 2.05) is 0 Å². The van der Waals surface area contributed by atoms with Gasteiger partial charge in [0.15, 0.2) is 5.13 Å². The molecule has 2 amide bonds. The number of nitrogens with one attached hydrogen (secondary N) is 2. The number of carbonyl (C=O) groups excluding carboxylic acids is 2. The topological polar surface area (TPSA) is 84.0 Å². The molecule has 0 radical (unpaired) electrons. The second-order valence-corrected chi connectivity index (χ2v) is 8.11. The molecule has 1 fully saturated rings. The molecule has 2 aromatic rings. The van der Waals surface area contributed by atoms with Crippen molar-refractivity contribution < 1.29 is 9.59 Å². The van der Waals surface area contributed by atoms with E-state index in [0.29, 0.717) is 16.7 Å². The average molecular weight is 364 g/mol. The first-order chi connectivity index (χ1) is 11.5. The summed E-state index contributed by atoms with van der Waals surface area (Å²) in [5, 5.41) is 10.7. The lowest BCUT2D eigenvalue weighted by Gasteiger charge is -2.18. The molecule has 24 heavy (non-hydrogen) atoms. The summed E-state index contributed by atoms with van der Waals surface area (Å²) in [4.78, 5) is 32.8. The highest BCUT2D eigenvalue weighted by atomic mass is 32.1. The minimum atomic E-state index is -0.274. The third-order valence-electron chi connectivity index (χ3n) is 3.68. The molecule has 1 saturated carbocycles. The minimum Gasteiger partial charge on any atom is -0.347 e. The first-order valence-corrected chi connectivity index (χ1v) is 9.75. The van der Waals surface area contributed by atoms with Gasteiger partial charge in [-0.2, -0.15) is 0 Å². The maximum Gasteiger partial charge on any atom is 0.276 e.